The van der Waals surface area contributed by atoms with E-state index in [2.05, 4.69) is 9.47 Å². The summed E-state index contributed by atoms with van der Waals surface area (Å²) in [5.41, 5.74) is 0. The number of alkyl halides is 2. The Balaban J connectivity index is 3.41. The van der Waals surface area contributed by atoms with Crippen LogP contribution in [0.25, 0.3) is 0 Å². The van der Waals surface area contributed by atoms with Crippen molar-refractivity contribution in [2.24, 2.45) is 0 Å². The highest BCUT2D eigenvalue weighted by Gasteiger charge is 2.08. The van der Waals surface area contributed by atoms with Gasteiger partial charge in [-0.15, -0.1) is 0 Å². The molecular weight excluding hydrogens is 222 g/mol. The van der Waals surface area contributed by atoms with Crippen molar-refractivity contribution in [1.29, 1.82) is 0 Å². The molecule has 0 aromatic rings. The van der Waals surface area contributed by atoms with Crippen LogP contribution in [-0.4, -0.2) is 38.0 Å². The molecule has 0 unspecified atom stereocenters. The van der Waals surface area contributed by atoms with Crippen molar-refractivity contribution < 1.29 is 27.8 Å². The summed E-state index contributed by atoms with van der Waals surface area (Å²) in [7, 11) is 0. The molecule has 0 saturated heterocycles. The van der Waals surface area contributed by atoms with E-state index >= 15 is 0 Å². The number of carbonyl (C=O) groups excluding carboxylic acids is 2. The first-order chi connectivity index (χ1) is 7.56. The van der Waals surface area contributed by atoms with Crippen LogP contribution in [0.3, 0.4) is 0 Å². The molecule has 0 spiro atoms. The maximum absolute atomic E-state index is 11.6. The Bertz CT molecular complexity index is 219. The van der Waals surface area contributed by atoms with Gasteiger partial charge in [-0.25, -0.2) is 8.78 Å². The van der Waals surface area contributed by atoms with E-state index in [4.69, 9.17) is 0 Å². The van der Waals surface area contributed by atoms with E-state index in [-0.39, 0.29) is 38.3 Å². The number of carbonyl (C=O) groups is 2. The van der Waals surface area contributed by atoms with Crippen molar-refractivity contribution in [1.82, 2.24) is 0 Å². The quantitative estimate of drug-likeness (QED) is 0.452. The van der Waals surface area contributed by atoms with Gasteiger partial charge in [-0.3, -0.25) is 9.59 Å². The van der Waals surface area contributed by atoms with Crippen molar-refractivity contribution in [3.8, 4) is 0 Å². The topological polar surface area (TPSA) is 52.6 Å². The molecule has 0 atom stereocenters. The summed E-state index contributed by atoms with van der Waals surface area (Å²) < 4.78 is 32.4. The fraction of sp³-hybridized carbons (Fsp3) is 0.800. The number of hydrogen-bond donors (Lipinski definition) is 0. The molecule has 0 bridgehead atoms. The molecule has 0 aromatic heterocycles. The molecule has 0 amide bonds. The molecule has 16 heavy (non-hydrogen) atoms. The molecule has 0 saturated carbocycles. The van der Waals surface area contributed by atoms with Crippen LogP contribution in [0.4, 0.5) is 8.78 Å². The first-order valence-corrected chi connectivity index (χ1v) is 5.09. The van der Waals surface area contributed by atoms with Gasteiger partial charge in [0.05, 0.1) is 19.6 Å². The van der Waals surface area contributed by atoms with Gasteiger partial charge in [0.2, 0.25) is 0 Å². The highest BCUT2D eigenvalue weighted by Crippen LogP contribution is 1.99. The van der Waals surface area contributed by atoms with Gasteiger partial charge in [-0.05, 0) is 6.92 Å². The molecule has 0 aliphatic rings. The normalized spacial score (nSPS) is 10.5. The third-order valence-electron chi connectivity index (χ3n) is 1.68. The van der Waals surface area contributed by atoms with Crippen LogP contribution >= 0.6 is 0 Å². The van der Waals surface area contributed by atoms with E-state index in [1.54, 1.807) is 6.92 Å². The molecule has 0 rings (SSSR count). The third kappa shape index (κ3) is 9.51. The maximum atomic E-state index is 11.6. The molecule has 0 fully saturated rings. The molecule has 6 heteroatoms. The lowest BCUT2D eigenvalue weighted by molar-refractivity contribution is -0.144. The molecule has 0 heterocycles. The molecule has 0 aromatic carbocycles. The van der Waals surface area contributed by atoms with Gasteiger partial charge in [0.15, 0.2) is 0 Å². The van der Waals surface area contributed by atoms with Gasteiger partial charge < -0.3 is 9.47 Å². The summed E-state index contributed by atoms with van der Waals surface area (Å²) in [6, 6.07) is 0. The zero-order valence-corrected chi connectivity index (χ0v) is 9.21. The number of rotatable bonds is 9. The molecule has 0 N–H and O–H groups in total. The van der Waals surface area contributed by atoms with Crippen molar-refractivity contribution >= 4 is 11.8 Å². The summed E-state index contributed by atoms with van der Waals surface area (Å²) in [5.74, 6) is -0.619. The second-order valence-corrected chi connectivity index (χ2v) is 3.06. The first-order valence-electron chi connectivity index (χ1n) is 5.09. The number of ether oxygens (including phenoxy) is 2. The fourth-order valence-corrected chi connectivity index (χ4v) is 0.958. The van der Waals surface area contributed by atoms with Crippen LogP contribution in [0.5, 0.6) is 0 Å². The molecular formula is C10H16F2O4. The van der Waals surface area contributed by atoms with Gasteiger partial charge in [-0.2, -0.15) is 0 Å². The molecule has 0 aliphatic carbocycles. The van der Waals surface area contributed by atoms with Crippen molar-refractivity contribution in [2.75, 3.05) is 19.8 Å². The van der Waals surface area contributed by atoms with Gasteiger partial charge in [0.25, 0.3) is 6.43 Å². The third-order valence-corrected chi connectivity index (χ3v) is 1.68. The van der Waals surface area contributed by atoms with Crippen molar-refractivity contribution in [3.05, 3.63) is 0 Å². The van der Waals surface area contributed by atoms with Gasteiger partial charge in [0, 0.05) is 12.8 Å². The van der Waals surface area contributed by atoms with E-state index in [0.717, 1.165) is 0 Å². The summed E-state index contributed by atoms with van der Waals surface area (Å²) in [6.07, 6.45) is -2.38. The first kappa shape index (κ1) is 15.0. The zero-order chi connectivity index (χ0) is 12.4. The smallest absolute Gasteiger partial charge is 0.306 e. The Morgan fingerprint density at radius 3 is 2.44 bits per heavy atom. The fourth-order valence-electron chi connectivity index (χ4n) is 0.958. The van der Waals surface area contributed by atoms with Crippen molar-refractivity contribution in [2.45, 2.75) is 32.6 Å². The number of Topliss-reactive ketones (excluding diaryl/α,β-unsaturated/α-hetero) is 1. The Morgan fingerprint density at radius 2 is 1.88 bits per heavy atom. The van der Waals surface area contributed by atoms with Crippen LogP contribution in [-0.2, 0) is 19.1 Å². The van der Waals surface area contributed by atoms with E-state index in [1.165, 1.54) is 0 Å². The minimum Gasteiger partial charge on any atom is -0.466 e. The summed E-state index contributed by atoms with van der Waals surface area (Å²) in [5, 5.41) is 0. The number of esters is 1. The second kappa shape index (κ2) is 9.21. The largest absolute Gasteiger partial charge is 0.466 e. The van der Waals surface area contributed by atoms with Gasteiger partial charge in [0.1, 0.15) is 12.4 Å². The molecule has 94 valence electrons. The van der Waals surface area contributed by atoms with Crippen LogP contribution in [0.2, 0.25) is 0 Å². The van der Waals surface area contributed by atoms with Gasteiger partial charge >= 0.3 is 5.97 Å². The monoisotopic (exact) mass is 238 g/mol. The van der Waals surface area contributed by atoms with Crippen LogP contribution in [0.15, 0.2) is 0 Å². The predicted octanol–water partition coefficient (Wildman–Crippen LogP) is 1.57. The van der Waals surface area contributed by atoms with E-state index in [9.17, 15) is 18.4 Å². The lowest BCUT2D eigenvalue weighted by atomic mass is 10.2. The van der Waals surface area contributed by atoms with E-state index in [1.807, 2.05) is 0 Å². The Hall–Kier alpha value is -1.04. The SMILES string of the molecule is CCOC(=O)CCC(=O)CCOCC(F)F. The van der Waals surface area contributed by atoms with Crippen LogP contribution in [0, 0.1) is 0 Å². The number of hydrogen-bond acceptors (Lipinski definition) is 4. The lowest BCUT2D eigenvalue weighted by Gasteiger charge is -2.03. The lowest BCUT2D eigenvalue weighted by Crippen LogP contribution is -2.11. The van der Waals surface area contributed by atoms with Gasteiger partial charge in [-0.1, -0.05) is 0 Å². The standard InChI is InChI=1S/C10H16F2O4/c1-2-16-10(14)4-3-8(13)5-6-15-7-9(11)12/h9H,2-7H2,1H3. The number of ketones is 1. The Kier molecular flexibility index (Phi) is 8.61. The highest BCUT2D eigenvalue weighted by atomic mass is 19.3. The van der Waals surface area contributed by atoms with Crippen molar-refractivity contribution in [3.63, 3.8) is 0 Å². The average molecular weight is 238 g/mol. The van der Waals surface area contributed by atoms with E-state index in [0.29, 0.717) is 0 Å². The highest BCUT2D eigenvalue weighted by molar-refractivity contribution is 5.82. The minimum atomic E-state index is -2.52. The molecule has 0 radical (unpaired) electrons. The molecule has 0 aliphatic heterocycles. The summed E-state index contributed by atoms with van der Waals surface area (Å²) in [4.78, 5) is 22.0. The molecule has 4 nitrogen and oxygen atoms in total. The van der Waals surface area contributed by atoms with Crippen LogP contribution in [0.1, 0.15) is 26.2 Å². The van der Waals surface area contributed by atoms with Crippen LogP contribution < -0.4 is 0 Å². The zero-order valence-electron chi connectivity index (χ0n) is 9.21. The Labute approximate surface area is 92.9 Å². The average Bonchev–Trinajstić information content (AvgIpc) is 2.22. The summed E-state index contributed by atoms with van der Waals surface area (Å²) in [6.45, 7) is 1.26. The maximum Gasteiger partial charge on any atom is 0.306 e. The predicted molar refractivity (Wildman–Crippen MR) is 52.3 cm³/mol. The minimum absolute atomic E-state index is 0.0293. The summed E-state index contributed by atoms with van der Waals surface area (Å²) >= 11 is 0. The van der Waals surface area contributed by atoms with E-state index < -0.39 is 19.0 Å². The second-order valence-electron chi connectivity index (χ2n) is 3.06. The number of halogens is 2. The Morgan fingerprint density at radius 1 is 1.19 bits per heavy atom.